The second kappa shape index (κ2) is 7.32. The van der Waals surface area contributed by atoms with E-state index < -0.39 is 0 Å². The average molecular weight is 339 g/mol. The third-order valence-electron chi connectivity index (χ3n) is 3.60. The van der Waals surface area contributed by atoms with Crippen molar-refractivity contribution >= 4 is 17.2 Å². The topological polar surface area (TPSA) is 26.3 Å². The Hall–Kier alpha value is -2.59. The third-order valence-corrected chi connectivity index (χ3v) is 5.83. The van der Waals surface area contributed by atoms with Gasteiger partial charge in [-0.25, -0.2) is 4.39 Å². The quantitative estimate of drug-likeness (QED) is 0.496. The van der Waals surface area contributed by atoms with Crippen LogP contribution >= 0.6 is 0 Å². The maximum Gasteiger partial charge on any atom is 0.166 e. The third kappa shape index (κ3) is 3.49. The SMILES string of the molecule is COc1ccc([S+](c2ccc(F)cc2)c2ccc(C=O)cc2)cc1. The van der Waals surface area contributed by atoms with Crippen molar-refractivity contribution in [3.63, 3.8) is 0 Å². The van der Waals surface area contributed by atoms with Gasteiger partial charge in [0.1, 0.15) is 17.9 Å². The second-order valence-electron chi connectivity index (χ2n) is 5.12. The van der Waals surface area contributed by atoms with Gasteiger partial charge in [-0.3, -0.25) is 4.79 Å². The number of methoxy groups -OCH3 is 1. The summed E-state index contributed by atoms with van der Waals surface area (Å²) >= 11 is 0. The molecule has 0 radical (unpaired) electrons. The Bertz CT molecular complexity index is 812. The van der Waals surface area contributed by atoms with Crippen molar-refractivity contribution in [3.8, 4) is 5.75 Å². The van der Waals surface area contributed by atoms with Gasteiger partial charge in [0.15, 0.2) is 14.7 Å². The molecule has 0 amide bonds. The van der Waals surface area contributed by atoms with Gasteiger partial charge >= 0.3 is 0 Å². The Morgan fingerprint density at radius 3 is 1.71 bits per heavy atom. The van der Waals surface area contributed by atoms with Crippen molar-refractivity contribution in [1.29, 1.82) is 0 Å². The molecular weight excluding hydrogens is 323 g/mol. The highest BCUT2D eigenvalue weighted by atomic mass is 32.2. The van der Waals surface area contributed by atoms with Crippen molar-refractivity contribution in [2.45, 2.75) is 14.7 Å². The lowest BCUT2D eigenvalue weighted by Crippen LogP contribution is -2.05. The van der Waals surface area contributed by atoms with Crippen molar-refractivity contribution in [2.75, 3.05) is 7.11 Å². The summed E-state index contributed by atoms with van der Waals surface area (Å²) in [5, 5.41) is 0. The number of carbonyl (C=O) groups is 1. The fourth-order valence-electron chi connectivity index (χ4n) is 2.37. The summed E-state index contributed by atoms with van der Waals surface area (Å²) in [6.07, 6.45) is 0.827. The van der Waals surface area contributed by atoms with Crippen LogP contribution in [-0.4, -0.2) is 13.4 Å². The van der Waals surface area contributed by atoms with Crippen LogP contribution in [0.4, 0.5) is 4.39 Å². The number of benzene rings is 3. The van der Waals surface area contributed by atoms with Gasteiger partial charge in [-0.15, -0.1) is 0 Å². The number of hydrogen-bond acceptors (Lipinski definition) is 2. The van der Waals surface area contributed by atoms with Crippen molar-refractivity contribution in [2.24, 2.45) is 0 Å². The number of hydrogen-bond donors (Lipinski definition) is 0. The first-order valence-corrected chi connectivity index (χ1v) is 8.63. The molecule has 1 unspecified atom stereocenters. The van der Waals surface area contributed by atoms with Crippen LogP contribution in [0.5, 0.6) is 5.75 Å². The molecule has 24 heavy (non-hydrogen) atoms. The number of carbonyl (C=O) groups excluding carboxylic acids is 1. The van der Waals surface area contributed by atoms with Crippen LogP contribution in [0.3, 0.4) is 0 Å². The molecule has 3 aromatic rings. The highest BCUT2D eigenvalue weighted by Gasteiger charge is 2.28. The number of aldehydes is 1. The Morgan fingerprint density at radius 1 is 0.792 bits per heavy atom. The van der Waals surface area contributed by atoms with Crippen LogP contribution < -0.4 is 4.74 Å². The van der Waals surface area contributed by atoms with Gasteiger partial charge in [0.25, 0.3) is 0 Å². The lowest BCUT2D eigenvalue weighted by Gasteiger charge is -2.09. The van der Waals surface area contributed by atoms with E-state index >= 15 is 0 Å². The summed E-state index contributed by atoms with van der Waals surface area (Å²) in [5.41, 5.74) is 0.635. The lowest BCUT2D eigenvalue weighted by atomic mass is 10.2. The van der Waals surface area contributed by atoms with E-state index in [4.69, 9.17) is 4.74 Å². The summed E-state index contributed by atoms with van der Waals surface area (Å²) in [6.45, 7) is 0. The molecule has 3 aromatic carbocycles. The van der Waals surface area contributed by atoms with E-state index in [1.54, 1.807) is 31.4 Å². The molecule has 0 aliphatic heterocycles. The molecule has 0 heterocycles. The van der Waals surface area contributed by atoms with Gasteiger partial charge < -0.3 is 4.74 Å². The number of ether oxygens (including phenoxy) is 1. The Morgan fingerprint density at radius 2 is 1.25 bits per heavy atom. The summed E-state index contributed by atoms with van der Waals surface area (Å²) < 4.78 is 18.5. The fourth-order valence-corrected chi connectivity index (χ4v) is 4.41. The fraction of sp³-hybridized carbons (Fsp3) is 0.0500. The molecule has 4 heteroatoms. The molecule has 120 valence electrons. The molecule has 1 atom stereocenters. The molecule has 0 spiro atoms. The molecule has 0 bridgehead atoms. The van der Waals surface area contributed by atoms with Gasteiger partial charge in [-0.1, -0.05) is 0 Å². The summed E-state index contributed by atoms with van der Waals surface area (Å²) in [5.74, 6) is 0.533. The lowest BCUT2D eigenvalue weighted by molar-refractivity contribution is 0.112. The zero-order valence-electron chi connectivity index (χ0n) is 13.1. The van der Waals surface area contributed by atoms with Crippen molar-refractivity contribution in [3.05, 3.63) is 84.2 Å². The molecule has 0 saturated heterocycles. The molecule has 0 aromatic heterocycles. The minimum atomic E-state index is -0.382. The van der Waals surface area contributed by atoms with Gasteiger partial charge in [0.05, 0.1) is 18.0 Å². The van der Waals surface area contributed by atoms with Crippen LogP contribution in [0, 0.1) is 5.82 Å². The van der Waals surface area contributed by atoms with Crippen LogP contribution in [0.25, 0.3) is 0 Å². The second-order valence-corrected chi connectivity index (χ2v) is 7.15. The molecule has 0 fully saturated rings. The molecule has 0 aliphatic carbocycles. The first-order chi connectivity index (χ1) is 11.7. The first-order valence-electron chi connectivity index (χ1n) is 7.40. The maximum atomic E-state index is 13.3. The normalized spacial score (nSPS) is 11.8. The summed E-state index contributed by atoms with van der Waals surface area (Å²) in [6, 6.07) is 21.9. The average Bonchev–Trinajstić information content (AvgIpc) is 2.64. The zero-order chi connectivity index (χ0) is 16.9. The highest BCUT2D eigenvalue weighted by molar-refractivity contribution is 7.97. The van der Waals surface area contributed by atoms with Gasteiger partial charge in [-0.2, -0.15) is 0 Å². The van der Waals surface area contributed by atoms with Gasteiger partial charge in [0, 0.05) is 5.56 Å². The van der Waals surface area contributed by atoms with Crippen molar-refractivity contribution in [1.82, 2.24) is 0 Å². The van der Waals surface area contributed by atoms with Crippen molar-refractivity contribution < 1.29 is 13.9 Å². The van der Waals surface area contributed by atoms with Crippen LogP contribution in [0.2, 0.25) is 0 Å². The van der Waals surface area contributed by atoms with E-state index in [1.165, 1.54) is 12.1 Å². The number of halogens is 1. The number of rotatable bonds is 5. The minimum absolute atomic E-state index is 0.256. The minimum Gasteiger partial charge on any atom is -0.497 e. The van der Waals surface area contributed by atoms with Gasteiger partial charge in [-0.05, 0) is 72.8 Å². The smallest absolute Gasteiger partial charge is 0.166 e. The van der Waals surface area contributed by atoms with Crippen LogP contribution in [-0.2, 0) is 10.9 Å². The molecule has 0 aliphatic rings. The standard InChI is InChI=1S/C20H16FO2S/c1-23-17-6-12-20(13-7-17)24(19-10-4-16(21)5-11-19)18-8-2-15(14-22)3-9-18/h2-14H,1H3/q+1. The molecular formula is C20H16FO2S+. The Kier molecular flexibility index (Phi) is 4.96. The molecule has 2 nitrogen and oxygen atoms in total. The van der Waals surface area contributed by atoms with E-state index in [9.17, 15) is 9.18 Å². The zero-order valence-corrected chi connectivity index (χ0v) is 13.9. The largest absolute Gasteiger partial charge is 0.497 e. The van der Waals surface area contributed by atoms with E-state index in [2.05, 4.69) is 0 Å². The molecule has 3 rings (SSSR count). The van der Waals surface area contributed by atoms with Crippen LogP contribution in [0.1, 0.15) is 10.4 Å². The molecule has 0 N–H and O–H groups in total. The molecule has 0 saturated carbocycles. The Labute approximate surface area is 143 Å². The van der Waals surface area contributed by atoms with E-state index in [0.29, 0.717) is 5.56 Å². The summed E-state index contributed by atoms with van der Waals surface area (Å²) in [7, 11) is 1.25. The van der Waals surface area contributed by atoms with Crippen LogP contribution in [0.15, 0.2) is 87.5 Å². The monoisotopic (exact) mass is 339 g/mol. The maximum absolute atomic E-state index is 13.3. The van der Waals surface area contributed by atoms with E-state index in [0.717, 1.165) is 26.7 Å². The van der Waals surface area contributed by atoms with E-state index in [-0.39, 0.29) is 16.7 Å². The van der Waals surface area contributed by atoms with E-state index in [1.807, 2.05) is 36.4 Å². The highest BCUT2D eigenvalue weighted by Crippen LogP contribution is 2.32. The predicted molar refractivity (Wildman–Crippen MR) is 93.4 cm³/mol. The predicted octanol–water partition coefficient (Wildman–Crippen LogP) is 4.74. The first kappa shape index (κ1) is 16.3. The van der Waals surface area contributed by atoms with Gasteiger partial charge in [0.2, 0.25) is 0 Å². The Balaban J connectivity index is 2.07. The summed E-state index contributed by atoms with van der Waals surface area (Å²) in [4.78, 5) is 14.1.